The van der Waals surface area contributed by atoms with Crippen molar-refractivity contribution in [3.63, 3.8) is 0 Å². The molecule has 0 fully saturated rings. The van der Waals surface area contributed by atoms with Gasteiger partial charge in [-0.25, -0.2) is 4.39 Å². The highest BCUT2D eigenvalue weighted by Gasteiger charge is 2.14. The van der Waals surface area contributed by atoms with Gasteiger partial charge in [-0.15, -0.1) is 0 Å². The predicted octanol–water partition coefficient (Wildman–Crippen LogP) is 5.60. The van der Waals surface area contributed by atoms with Crippen LogP contribution in [0.2, 0.25) is 5.02 Å². The summed E-state index contributed by atoms with van der Waals surface area (Å²) in [4.78, 5) is 0. The van der Waals surface area contributed by atoms with E-state index in [1.54, 1.807) is 6.07 Å². The normalized spacial score (nSPS) is 10.6. The number of hydrogen-bond donors (Lipinski definition) is 2. The summed E-state index contributed by atoms with van der Waals surface area (Å²) in [6.45, 7) is 0.634. The number of nitrogens with one attached hydrogen (secondary N) is 2. The van der Waals surface area contributed by atoms with Gasteiger partial charge in [0.25, 0.3) is 0 Å². The second-order valence-electron chi connectivity index (χ2n) is 5.84. The Kier molecular flexibility index (Phi) is 6.21. The molecule has 0 unspecified atom stereocenters. The van der Waals surface area contributed by atoms with E-state index in [1.165, 1.54) is 23.3 Å². The molecule has 0 saturated carbocycles. The summed E-state index contributed by atoms with van der Waals surface area (Å²) in [6, 6.07) is 25.0. The van der Waals surface area contributed by atoms with Crippen LogP contribution in [0.1, 0.15) is 17.0 Å². The first-order valence-corrected chi connectivity index (χ1v) is 9.02. The third-order valence-corrected chi connectivity index (χ3v) is 4.58. The zero-order valence-electron chi connectivity index (χ0n) is 14.0. The molecule has 0 aliphatic heterocycles. The van der Waals surface area contributed by atoms with Crippen molar-refractivity contribution in [3.05, 3.63) is 101 Å². The molecule has 0 spiro atoms. The summed E-state index contributed by atoms with van der Waals surface area (Å²) in [5.74, 6) is -0.293. The molecule has 2 N–H and O–H groups in total. The number of hydrogen-bond acceptors (Lipinski definition) is 1. The van der Waals surface area contributed by atoms with E-state index in [-0.39, 0.29) is 10.9 Å². The summed E-state index contributed by atoms with van der Waals surface area (Å²) in [5.41, 5.74) is 3.06. The quantitative estimate of drug-likeness (QED) is 0.560. The van der Waals surface area contributed by atoms with Crippen LogP contribution in [-0.4, -0.2) is 11.7 Å². The monoisotopic (exact) mass is 384 g/mol. The minimum Gasteiger partial charge on any atom is -0.361 e. The third-order valence-electron chi connectivity index (χ3n) is 4.05. The fraction of sp³-hybridized carbons (Fsp3) is 0.0952. The molecule has 3 aromatic rings. The molecular weight excluding hydrogens is 367 g/mol. The molecular formula is C21H18ClFN2S. The van der Waals surface area contributed by atoms with Crippen LogP contribution in [0.15, 0.2) is 78.9 Å². The molecule has 132 valence electrons. The van der Waals surface area contributed by atoms with E-state index in [0.29, 0.717) is 17.3 Å². The molecule has 0 atom stereocenters. The average molecular weight is 385 g/mol. The van der Waals surface area contributed by atoms with Crippen LogP contribution < -0.4 is 10.6 Å². The lowest BCUT2D eigenvalue weighted by Crippen LogP contribution is -2.32. The molecule has 2 nitrogen and oxygen atoms in total. The van der Waals surface area contributed by atoms with E-state index in [0.717, 1.165) is 0 Å². The number of rotatable bonds is 5. The van der Waals surface area contributed by atoms with Crippen LogP contribution in [0.3, 0.4) is 0 Å². The van der Waals surface area contributed by atoms with Crippen molar-refractivity contribution in [2.75, 3.05) is 11.9 Å². The van der Waals surface area contributed by atoms with Gasteiger partial charge < -0.3 is 10.6 Å². The van der Waals surface area contributed by atoms with E-state index in [9.17, 15) is 4.39 Å². The maximum atomic E-state index is 13.3. The van der Waals surface area contributed by atoms with Crippen LogP contribution in [-0.2, 0) is 0 Å². The Morgan fingerprint density at radius 1 is 0.923 bits per heavy atom. The van der Waals surface area contributed by atoms with Gasteiger partial charge in [-0.1, -0.05) is 72.3 Å². The second-order valence-corrected chi connectivity index (χ2v) is 6.65. The van der Waals surface area contributed by atoms with Crippen molar-refractivity contribution in [2.45, 2.75) is 5.92 Å². The molecule has 0 heterocycles. The number of halogens is 2. The minimum absolute atomic E-state index is 0.0595. The summed E-state index contributed by atoms with van der Waals surface area (Å²) in [7, 11) is 0. The van der Waals surface area contributed by atoms with Crippen molar-refractivity contribution in [1.82, 2.24) is 5.32 Å². The van der Waals surface area contributed by atoms with Crippen molar-refractivity contribution < 1.29 is 4.39 Å². The molecule has 0 aliphatic rings. The van der Waals surface area contributed by atoms with Crippen molar-refractivity contribution >= 4 is 34.6 Å². The van der Waals surface area contributed by atoms with E-state index in [1.807, 2.05) is 36.4 Å². The topological polar surface area (TPSA) is 24.1 Å². The van der Waals surface area contributed by atoms with Gasteiger partial charge in [0, 0.05) is 18.2 Å². The van der Waals surface area contributed by atoms with Gasteiger partial charge in [0.05, 0.1) is 5.02 Å². The Morgan fingerprint density at radius 2 is 1.50 bits per heavy atom. The van der Waals surface area contributed by atoms with Crippen LogP contribution >= 0.6 is 23.8 Å². The first-order chi connectivity index (χ1) is 12.6. The van der Waals surface area contributed by atoms with E-state index in [2.05, 4.69) is 34.9 Å². The van der Waals surface area contributed by atoms with Crippen molar-refractivity contribution in [2.24, 2.45) is 0 Å². The smallest absolute Gasteiger partial charge is 0.170 e. The van der Waals surface area contributed by atoms with Gasteiger partial charge >= 0.3 is 0 Å². The summed E-state index contributed by atoms with van der Waals surface area (Å²) in [6.07, 6.45) is 0. The van der Waals surface area contributed by atoms with Crippen LogP contribution in [0.5, 0.6) is 0 Å². The lowest BCUT2D eigenvalue weighted by Gasteiger charge is -2.20. The predicted molar refractivity (Wildman–Crippen MR) is 110 cm³/mol. The van der Waals surface area contributed by atoms with Crippen LogP contribution in [0, 0.1) is 5.82 Å². The highest BCUT2D eigenvalue weighted by Crippen LogP contribution is 2.24. The second kappa shape index (κ2) is 8.79. The van der Waals surface area contributed by atoms with E-state index >= 15 is 0 Å². The summed E-state index contributed by atoms with van der Waals surface area (Å²) in [5, 5.41) is 6.81. The lowest BCUT2D eigenvalue weighted by molar-refractivity contribution is 0.628. The van der Waals surface area contributed by atoms with E-state index in [4.69, 9.17) is 23.8 Å². The molecule has 0 radical (unpaired) electrons. The van der Waals surface area contributed by atoms with E-state index < -0.39 is 5.82 Å². The average Bonchev–Trinajstić information content (AvgIpc) is 2.67. The number of anilines is 1. The number of benzene rings is 3. The highest BCUT2D eigenvalue weighted by molar-refractivity contribution is 7.80. The fourth-order valence-electron chi connectivity index (χ4n) is 2.74. The SMILES string of the molecule is Fc1ccc(NC(=S)NCC(c2ccccc2)c2ccccc2)cc1Cl. The molecule has 5 heteroatoms. The molecule has 0 saturated heterocycles. The molecule has 3 aromatic carbocycles. The van der Waals surface area contributed by atoms with Gasteiger partial charge in [-0.05, 0) is 41.5 Å². The van der Waals surface area contributed by atoms with Gasteiger partial charge in [-0.2, -0.15) is 0 Å². The molecule has 0 bridgehead atoms. The first kappa shape index (κ1) is 18.4. The van der Waals surface area contributed by atoms with Gasteiger partial charge in [0.2, 0.25) is 0 Å². The fourth-order valence-corrected chi connectivity index (χ4v) is 3.12. The largest absolute Gasteiger partial charge is 0.361 e. The Labute approximate surface area is 163 Å². The maximum Gasteiger partial charge on any atom is 0.170 e. The Bertz CT molecular complexity index is 832. The van der Waals surface area contributed by atoms with Gasteiger partial charge in [0.15, 0.2) is 5.11 Å². The molecule has 26 heavy (non-hydrogen) atoms. The summed E-state index contributed by atoms with van der Waals surface area (Å²) < 4.78 is 13.3. The molecule has 0 aliphatic carbocycles. The Morgan fingerprint density at radius 3 is 2.04 bits per heavy atom. The van der Waals surface area contributed by atoms with Crippen LogP contribution in [0.25, 0.3) is 0 Å². The van der Waals surface area contributed by atoms with Gasteiger partial charge in [0.1, 0.15) is 5.82 Å². The zero-order chi connectivity index (χ0) is 18.4. The molecule has 0 amide bonds. The number of thiocarbonyl (C=S) groups is 1. The lowest BCUT2D eigenvalue weighted by atomic mass is 9.91. The van der Waals surface area contributed by atoms with Crippen molar-refractivity contribution in [1.29, 1.82) is 0 Å². The van der Waals surface area contributed by atoms with Crippen LogP contribution in [0.4, 0.5) is 10.1 Å². The Hall–Kier alpha value is -2.43. The zero-order valence-corrected chi connectivity index (χ0v) is 15.5. The maximum absolute atomic E-state index is 13.3. The minimum atomic E-state index is -0.454. The Balaban J connectivity index is 1.69. The van der Waals surface area contributed by atoms with Gasteiger partial charge in [-0.3, -0.25) is 0 Å². The van der Waals surface area contributed by atoms with Crippen molar-refractivity contribution in [3.8, 4) is 0 Å². The highest BCUT2D eigenvalue weighted by atomic mass is 35.5. The third kappa shape index (κ3) is 4.81. The standard InChI is InChI=1S/C21H18ClFN2S/c22-19-13-17(11-12-20(19)23)25-21(26)24-14-18(15-7-3-1-4-8-15)16-9-5-2-6-10-16/h1-13,18H,14H2,(H2,24,25,26). The summed E-state index contributed by atoms with van der Waals surface area (Å²) >= 11 is 11.2. The molecule has 0 aromatic heterocycles. The molecule has 3 rings (SSSR count). The first-order valence-electron chi connectivity index (χ1n) is 8.23.